The molecule has 0 aromatic rings. The third-order valence-corrected chi connectivity index (χ3v) is 2.28. The van der Waals surface area contributed by atoms with Gasteiger partial charge in [0.2, 0.25) is 0 Å². The van der Waals surface area contributed by atoms with Crippen molar-refractivity contribution < 1.29 is 9.59 Å². The molecule has 0 fully saturated rings. The van der Waals surface area contributed by atoms with E-state index in [1.807, 2.05) is 0 Å². The summed E-state index contributed by atoms with van der Waals surface area (Å²) >= 11 is 3.03. The molecular weight excluding hydrogens is 196 g/mol. The van der Waals surface area contributed by atoms with E-state index in [4.69, 9.17) is 0 Å². The van der Waals surface area contributed by atoms with Gasteiger partial charge in [0.05, 0.1) is 0 Å². The summed E-state index contributed by atoms with van der Waals surface area (Å²) in [5.74, 6) is -0.0706. The highest BCUT2D eigenvalue weighted by molar-refractivity contribution is 9.10. The van der Waals surface area contributed by atoms with Gasteiger partial charge in [0.1, 0.15) is 4.83 Å². The number of alkyl halides is 1. The third-order valence-electron chi connectivity index (χ3n) is 1.26. The highest BCUT2D eigenvalue weighted by atomic mass is 79.9. The summed E-state index contributed by atoms with van der Waals surface area (Å²) < 4.78 is 0. The van der Waals surface area contributed by atoms with E-state index in [1.54, 1.807) is 13.8 Å². The van der Waals surface area contributed by atoms with Crippen molar-refractivity contribution in [1.82, 2.24) is 0 Å². The predicted octanol–water partition coefficient (Wildman–Crippen LogP) is 1.71. The highest BCUT2D eigenvalue weighted by Crippen LogP contribution is 2.06. The number of rotatable bonds is 4. The van der Waals surface area contributed by atoms with E-state index < -0.39 is 4.83 Å². The van der Waals surface area contributed by atoms with Crippen LogP contribution in [-0.2, 0) is 9.59 Å². The van der Waals surface area contributed by atoms with Crippen molar-refractivity contribution in [3.8, 4) is 0 Å². The van der Waals surface area contributed by atoms with Gasteiger partial charge in [-0.25, -0.2) is 0 Å². The number of Topliss-reactive ketones (excluding diaryl/α,β-unsaturated/α-hetero) is 2. The number of carbonyl (C=O) groups excluding carboxylic acids is 2. The van der Waals surface area contributed by atoms with Crippen LogP contribution in [0.3, 0.4) is 0 Å². The molecule has 0 saturated heterocycles. The summed E-state index contributed by atoms with van der Waals surface area (Å²) in [6, 6.07) is 0. The average Bonchev–Trinajstić information content (AvgIpc) is 2.00. The van der Waals surface area contributed by atoms with E-state index >= 15 is 0 Å². The van der Waals surface area contributed by atoms with Crippen LogP contribution in [0.15, 0.2) is 0 Å². The molecular formula is C7H11BrO2. The van der Waals surface area contributed by atoms with Crippen molar-refractivity contribution >= 4 is 27.5 Å². The molecule has 0 atom stereocenters. The van der Waals surface area contributed by atoms with Crippen LogP contribution in [0.1, 0.15) is 26.7 Å². The molecule has 0 N–H and O–H groups in total. The molecule has 0 spiro atoms. The molecule has 2 nitrogen and oxygen atoms in total. The predicted molar refractivity (Wildman–Crippen MR) is 43.3 cm³/mol. The second kappa shape index (κ2) is 4.61. The van der Waals surface area contributed by atoms with E-state index in [9.17, 15) is 9.59 Å². The molecule has 0 saturated carbocycles. The van der Waals surface area contributed by atoms with Crippen LogP contribution in [0.5, 0.6) is 0 Å². The fourth-order valence-electron chi connectivity index (χ4n) is 0.538. The van der Waals surface area contributed by atoms with Gasteiger partial charge in [0.25, 0.3) is 0 Å². The number of ketones is 2. The maximum Gasteiger partial charge on any atom is 0.153 e. The number of carbonyl (C=O) groups is 2. The molecule has 0 aliphatic heterocycles. The molecule has 0 unspecified atom stereocenters. The molecule has 10 heavy (non-hydrogen) atoms. The van der Waals surface area contributed by atoms with Crippen LogP contribution in [-0.4, -0.2) is 16.4 Å². The first kappa shape index (κ1) is 9.82. The van der Waals surface area contributed by atoms with E-state index in [1.165, 1.54) is 0 Å². The molecule has 0 heterocycles. The average molecular weight is 207 g/mol. The van der Waals surface area contributed by atoms with Crippen molar-refractivity contribution in [2.45, 2.75) is 31.5 Å². The third kappa shape index (κ3) is 2.60. The van der Waals surface area contributed by atoms with Crippen molar-refractivity contribution in [1.29, 1.82) is 0 Å². The summed E-state index contributed by atoms with van der Waals surface area (Å²) in [4.78, 5) is 21.1. The molecule has 0 amide bonds. The first-order chi connectivity index (χ1) is 4.63. The molecule has 0 aliphatic rings. The number of hydrogen-bond donors (Lipinski definition) is 0. The lowest BCUT2D eigenvalue weighted by atomic mass is 10.1. The standard InChI is InChI=1S/C7H11BrO2/c1-3-5(9)7(8)6(10)4-2/h7H,3-4H2,1-2H3. The Morgan fingerprint density at radius 2 is 1.50 bits per heavy atom. The Labute approximate surface area is 69.1 Å². The second-order valence-corrected chi connectivity index (χ2v) is 2.92. The molecule has 0 bridgehead atoms. The lowest BCUT2D eigenvalue weighted by Gasteiger charge is -2.02. The number of halogens is 1. The summed E-state index contributed by atoms with van der Waals surface area (Å²) in [5.41, 5.74) is 0. The van der Waals surface area contributed by atoms with Crippen molar-refractivity contribution in [3.63, 3.8) is 0 Å². The molecule has 0 rings (SSSR count). The van der Waals surface area contributed by atoms with E-state index in [-0.39, 0.29) is 11.6 Å². The molecule has 0 radical (unpaired) electrons. The van der Waals surface area contributed by atoms with Crippen LogP contribution >= 0.6 is 15.9 Å². The van der Waals surface area contributed by atoms with Crippen molar-refractivity contribution in [3.05, 3.63) is 0 Å². The Kier molecular flexibility index (Phi) is 4.52. The minimum absolute atomic E-state index is 0.0353. The van der Waals surface area contributed by atoms with Crippen LogP contribution in [0.4, 0.5) is 0 Å². The monoisotopic (exact) mass is 206 g/mol. The van der Waals surface area contributed by atoms with Crippen LogP contribution in [0.2, 0.25) is 0 Å². The van der Waals surface area contributed by atoms with Gasteiger partial charge in [-0.3, -0.25) is 9.59 Å². The van der Waals surface area contributed by atoms with Crippen LogP contribution in [0, 0.1) is 0 Å². The first-order valence-electron chi connectivity index (χ1n) is 3.33. The smallest absolute Gasteiger partial charge is 0.153 e. The summed E-state index contributed by atoms with van der Waals surface area (Å²) in [6.45, 7) is 3.50. The zero-order valence-electron chi connectivity index (χ0n) is 6.19. The fourth-order valence-corrected chi connectivity index (χ4v) is 1.19. The summed E-state index contributed by atoms with van der Waals surface area (Å²) in [6.07, 6.45) is 0.837. The van der Waals surface area contributed by atoms with Gasteiger partial charge in [-0.15, -0.1) is 0 Å². The molecule has 0 aliphatic carbocycles. The van der Waals surface area contributed by atoms with Gasteiger partial charge in [0, 0.05) is 12.8 Å². The Balaban J connectivity index is 3.94. The van der Waals surface area contributed by atoms with Gasteiger partial charge < -0.3 is 0 Å². The molecule has 58 valence electrons. The van der Waals surface area contributed by atoms with Crippen molar-refractivity contribution in [2.24, 2.45) is 0 Å². The quantitative estimate of drug-likeness (QED) is 0.519. The Hall–Kier alpha value is -0.180. The Bertz CT molecular complexity index is 127. The van der Waals surface area contributed by atoms with Gasteiger partial charge in [-0.1, -0.05) is 29.8 Å². The lowest BCUT2D eigenvalue weighted by molar-refractivity contribution is -0.125. The molecule has 0 aromatic carbocycles. The highest BCUT2D eigenvalue weighted by Gasteiger charge is 2.18. The zero-order valence-corrected chi connectivity index (χ0v) is 7.77. The van der Waals surface area contributed by atoms with E-state index in [0.717, 1.165) is 0 Å². The SMILES string of the molecule is CCC(=O)C(Br)C(=O)CC. The summed E-state index contributed by atoms with van der Waals surface area (Å²) in [7, 11) is 0. The Morgan fingerprint density at radius 1 is 1.20 bits per heavy atom. The maximum absolute atomic E-state index is 10.8. The minimum atomic E-state index is -0.567. The van der Waals surface area contributed by atoms with Crippen molar-refractivity contribution in [2.75, 3.05) is 0 Å². The summed E-state index contributed by atoms with van der Waals surface area (Å²) in [5, 5.41) is 0. The topological polar surface area (TPSA) is 34.1 Å². The van der Waals surface area contributed by atoms with Gasteiger partial charge in [0.15, 0.2) is 11.6 Å². The second-order valence-electron chi connectivity index (χ2n) is 2.00. The van der Waals surface area contributed by atoms with E-state index in [2.05, 4.69) is 15.9 Å². The first-order valence-corrected chi connectivity index (χ1v) is 4.24. The zero-order chi connectivity index (χ0) is 8.15. The van der Waals surface area contributed by atoms with Gasteiger partial charge in [-0.2, -0.15) is 0 Å². The Morgan fingerprint density at radius 3 is 1.70 bits per heavy atom. The van der Waals surface area contributed by atoms with Gasteiger partial charge in [-0.05, 0) is 0 Å². The fraction of sp³-hybridized carbons (Fsp3) is 0.714. The van der Waals surface area contributed by atoms with Crippen LogP contribution < -0.4 is 0 Å². The largest absolute Gasteiger partial charge is 0.298 e. The maximum atomic E-state index is 10.8. The minimum Gasteiger partial charge on any atom is -0.298 e. The van der Waals surface area contributed by atoms with E-state index in [0.29, 0.717) is 12.8 Å². The normalized spacial score (nSPS) is 10.0. The van der Waals surface area contributed by atoms with Crippen LogP contribution in [0.25, 0.3) is 0 Å². The number of hydrogen-bond acceptors (Lipinski definition) is 2. The molecule has 3 heteroatoms. The lowest BCUT2D eigenvalue weighted by Crippen LogP contribution is -2.22. The molecule has 0 aromatic heterocycles. The van der Waals surface area contributed by atoms with Gasteiger partial charge >= 0.3 is 0 Å².